The third-order valence-electron chi connectivity index (χ3n) is 1.69. The Morgan fingerprint density at radius 3 is 2.60 bits per heavy atom. The van der Waals surface area contributed by atoms with Crippen molar-refractivity contribution < 1.29 is 23.0 Å². The molecule has 0 bridgehead atoms. The standard InChI is InChI=1S/C9H18F3NO2/c1-2-3-8(14)6-13-4-5-15-7-9(10,11)12/h8,13-14H,2-7H2,1H3. The van der Waals surface area contributed by atoms with E-state index in [1.807, 2.05) is 6.92 Å². The normalized spacial score (nSPS) is 14.2. The van der Waals surface area contributed by atoms with E-state index in [0.717, 1.165) is 6.42 Å². The van der Waals surface area contributed by atoms with E-state index in [0.29, 0.717) is 19.5 Å². The monoisotopic (exact) mass is 229 g/mol. The fourth-order valence-corrected chi connectivity index (χ4v) is 1.04. The SMILES string of the molecule is CCCC(O)CNCCOCC(F)(F)F. The maximum atomic E-state index is 11.6. The molecule has 0 fully saturated rings. The molecule has 1 unspecified atom stereocenters. The molecule has 1 atom stereocenters. The van der Waals surface area contributed by atoms with Crippen molar-refractivity contribution in [1.82, 2.24) is 5.32 Å². The van der Waals surface area contributed by atoms with Gasteiger partial charge < -0.3 is 15.2 Å². The summed E-state index contributed by atoms with van der Waals surface area (Å²) in [6.45, 7) is 1.44. The van der Waals surface area contributed by atoms with E-state index in [1.54, 1.807) is 0 Å². The van der Waals surface area contributed by atoms with Crippen molar-refractivity contribution in [2.75, 3.05) is 26.3 Å². The number of halogens is 3. The van der Waals surface area contributed by atoms with E-state index in [9.17, 15) is 18.3 Å². The summed E-state index contributed by atoms with van der Waals surface area (Å²) in [5.74, 6) is 0. The maximum absolute atomic E-state index is 11.6. The minimum absolute atomic E-state index is 0.00163. The lowest BCUT2D eigenvalue weighted by Gasteiger charge is -2.11. The summed E-state index contributed by atoms with van der Waals surface area (Å²) < 4.78 is 39.2. The average molecular weight is 229 g/mol. The highest BCUT2D eigenvalue weighted by Gasteiger charge is 2.27. The average Bonchev–Trinajstić information content (AvgIpc) is 2.09. The van der Waals surface area contributed by atoms with Gasteiger partial charge in [-0.2, -0.15) is 13.2 Å². The molecule has 0 saturated carbocycles. The molecule has 0 heterocycles. The van der Waals surface area contributed by atoms with Gasteiger partial charge in [0.25, 0.3) is 0 Å². The van der Waals surface area contributed by atoms with E-state index in [2.05, 4.69) is 10.1 Å². The fourth-order valence-electron chi connectivity index (χ4n) is 1.04. The molecular weight excluding hydrogens is 211 g/mol. The van der Waals surface area contributed by atoms with Gasteiger partial charge in [-0.25, -0.2) is 0 Å². The second-order valence-corrected chi connectivity index (χ2v) is 3.31. The van der Waals surface area contributed by atoms with Gasteiger partial charge >= 0.3 is 6.18 Å². The molecule has 3 nitrogen and oxygen atoms in total. The number of aliphatic hydroxyl groups excluding tert-OH is 1. The van der Waals surface area contributed by atoms with Crippen molar-refractivity contribution in [3.05, 3.63) is 0 Å². The summed E-state index contributed by atoms with van der Waals surface area (Å²) in [5, 5.41) is 12.1. The number of alkyl halides is 3. The second kappa shape index (κ2) is 7.90. The van der Waals surface area contributed by atoms with Crippen LogP contribution in [0.3, 0.4) is 0 Å². The van der Waals surface area contributed by atoms with Crippen LogP contribution in [0.5, 0.6) is 0 Å². The van der Waals surface area contributed by atoms with Crippen LogP contribution in [0.15, 0.2) is 0 Å². The Bertz CT molecular complexity index is 153. The zero-order chi connectivity index (χ0) is 11.7. The summed E-state index contributed by atoms with van der Waals surface area (Å²) in [6, 6.07) is 0. The number of ether oxygens (including phenoxy) is 1. The van der Waals surface area contributed by atoms with E-state index < -0.39 is 18.9 Å². The predicted octanol–water partition coefficient (Wildman–Crippen LogP) is 1.32. The van der Waals surface area contributed by atoms with Crippen LogP contribution in [0.25, 0.3) is 0 Å². The van der Waals surface area contributed by atoms with Crippen molar-refractivity contribution in [1.29, 1.82) is 0 Å². The minimum Gasteiger partial charge on any atom is -0.392 e. The first-order valence-corrected chi connectivity index (χ1v) is 4.99. The molecule has 0 aliphatic rings. The van der Waals surface area contributed by atoms with Crippen LogP contribution in [-0.2, 0) is 4.74 Å². The van der Waals surface area contributed by atoms with Crippen molar-refractivity contribution in [3.8, 4) is 0 Å². The lowest BCUT2D eigenvalue weighted by molar-refractivity contribution is -0.173. The molecule has 0 aliphatic heterocycles. The lowest BCUT2D eigenvalue weighted by Crippen LogP contribution is -2.30. The summed E-state index contributed by atoms with van der Waals surface area (Å²) in [6.07, 6.45) is -3.12. The van der Waals surface area contributed by atoms with Gasteiger partial charge in [0.15, 0.2) is 0 Å². The Balaban J connectivity index is 3.18. The van der Waals surface area contributed by atoms with Crippen LogP contribution < -0.4 is 5.32 Å². The molecule has 0 spiro atoms. The summed E-state index contributed by atoms with van der Waals surface area (Å²) in [5.41, 5.74) is 0. The third kappa shape index (κ3) is 11.6. The Kier molecular flexibility index (Phi) is 7.72. The molecular formula is C9H18F3NO2. The van der Waals surface area contributed by atoms with Gasteiger partial charge in [0.05, 0.1) is 12.7 Å². The first-order valence-electron chi connectivity index (χ1n) is 4.99. The lowest BCUT2D eigenvalue weighted by atomic mass is 10.2. The smallest absolute Gasteiger partial charge is 0.392 e. The molecule has 92 valence electrons. The first-order chi connectivity index (χ1) is 6.95. The molecule has 0 saturated heterocycles. The van der Waals surface area contributed by atoms with Crippen LogP contribution in [-0.4, -0.2) is 43.7 Å². The maximum Gasteiger partial charge on any atom is 0.411 e. The molecule has 0 aromatic carbocycles. The van der Waals surface area contributed by atoms with Gasteiger partial charge in [-0.3, -0.25) is 0 Å². The molecule has 0 aliphatic carbocycles. The summed E-state index contributed by atoms with van der Waals surface area (Å²) in [4.78, 5) is 0. The Labute approximate surface area is 87.6 Å². The molecule has 0 radical (unpaired) electrons. The largest absolute Gasteiger partial charge is 0.411 e. The number of nitrogens with one attached hydrogen (secondary N) is 1. The van der Waals surface area contributed by atoms with E-state index in [1.165, 1.54) is 0 Å². The van der Waals surface area contributed by atoms with Crippen LogP contribution >= 0.6 is 0 Å². The van der Waals surface area contributed by atoms with Crippen molar-refractivity contribution >= 4 is 0 Å². The van der Waals surface area contributed by atoms with Crippen molar-refractivity contribution in [2.45, 2.75) is 32.0 Å². The molecule has 0 aromatic heterocycles. The zero-order valence-corrected chi connectivity index (χ0v) is 8.81. The van der Waals surface area contributed by atoms with Gasteiger partial charge in [0.2, 0.25) is 0 Å². The van der Waals surface area contributed by atoms with Gasteiger partial charge in [0.1, 0.15) is 6.61 Å². The number of rotatable bonds is 8. The van der Waals surface area contributed by atoms with Gasteiger partial charge in [0, 0.05) is 13.1 Å². The molecule has 6 heteroatoms. The molecule has 0 rings (SSSR count). The van der Waals surface area contributed by atoms with Gasteiger partial charge in [-0.1, -0.05) is 13.3 Å². The Morgan fingerprint density at radius 1 is 1.40 bits per heavy atom. The summed E-state index contributed by atoms with van der Waals surface area (Å²) in [7, 11) is 0. The van der Waals surface area contributed by atoms with Crippen LogP contribution in [0.1, 0.15) is 19.8 Å². The van der Waals surface area contributed by atoms with Gasteiger partial charge in [-0.15, -0.1) is 0 Å². The van der Waals surface area contributed by atoms with E-state index in [4.69, 9.17) is 0 Å². The highest BCUT2D eigenvalue weighted by molar-refractivity contribution is 4.58. The van der Waals surface area contributed by atoms with E-state index in [-0.39, 0.29) is 6.61 Å². The zero-order valence-electron chi connectivity index (χ0n) is 8.81. The van der Waals surface area contributed by atoms with Gasteiger partial charge in [-0.05, 0) is 6.42 Å². The molecule has 2 N–H and O–H groups in total. The fraction of sp³-hybridized carbons (Fsp3) is 1.00. The van der Waals surface area contributed by atoms with E-state index >= 15 is 0 Å². The topological polar surface area (TPSA) is 41.5 Å². The quantitative estimate of drug-likeness (QED) is 0.617. The Hall–Kier alpha value is -0.330. The van der Waals surface area contributed by atoms with Crippen molar-refractivity contribution in [3.63, 3.8) is 0 Å². The first kappa shape index (κ1) is 14.7. The Morgan fingerprint density at radius 2 is 2.07 bits per heavy atom. The number of aliphatic hydroxyl groups is 1. The third-order valence-corrected chi connectivity index (χ3v) is 1.69. The second-order valence-electron chi connectivity index (χ2n) is 3.31. The summed E-state index contributed by atoms with van der Waals surface area (Å²) >= 11 is 0. The minimum atomic E-state index is -4.26. The van der Waals surface area contributed by atoms with Crippen molar-refractivity contribution in [2.24, 2.45) is 0 Å². The van der Waals surface area contributed by atoms with Crippen LogP contribution in [0.4, 0.5) is 13.2 Å². The number of hydrogen-bond acceptors (Lipinski definition) is 3. The highest BCUT2D eigenvalue weighted by Crippen LogP contribution is 2.13. The molecule has 0 aromatic rings. The van der Waals surface area contributed by atoms with Crippen LogP contribution in [0, 0.1) is 0 Å². The number of hydrogen-bond donors (Lipinski definition) is 2. The predicted molar refractivity (Wildman–Crippen MR) is 50.7 cm³/mol. The highest BCUT2D eigenvalue weighted by atomic mass is 19.4. The van der Waals surface area contributed by atoms with Crippen LogP contribution in [0.2, 0.25) is 0 Å². The molecule has 15 heavy (non-hydrogen) atoms. The molecule has 0 amide bonds.